The molecule has 2 atom stereocenters. The summed E-state index contributed by atoms with van der Waals surface area (Å²) in [5.41, 5.74) is 8.08. The Morgan fingerprint density at radius 1 is 0.636 bits per heavy atom. The third kappa shape index (κ3) is 2.51. The summed E-state index contributed by atoms with van der Waals surface area (Å²) in [4.78, 5) is 0. The van der Waals surface area contributed by atoms with Gasteiger partial charge in [0.2, 0.25) is 17.7 Å². The molecule has 0 fully saturated rings. The van der Waals surface area contributed by atoms with E-state index in [2.05, 4.69) is 136 Å². The van der Waals surface area contributed by atoms with Crippen LogP contribution in [0.1, 0.15) is 16.7 Å². The zero-order valence-electron chi connectivity index (χ0n) is 23.4. The van der Waals surface area contributed by atoms with Crippen LogP contribution in [-0.2, 0) is 10.3 Å². The van der Waals surface area contributed by atoms with Gasteiger partial charge in [-0.3, -0.25) is 0 Å². The van der Waals surface area contributed by atoms with E-state index in [4.69, 9.17) is 14.6 Å². The minimum absolute atomic E-state index is 0.450. The number of benzene rings is 5. The van der Waals surface area contributed by atoms with Crippen LogP contribution < -0.4 is 14.3 Å². The molecule has 4 aliphatic rings. The molecule has 0 bridgehead atoms. The number of para-hydroxylation sites is 1. The molecule has 2 aromatic heterocycles. The number of pyridine rings is 1. The van der Waals surface area contributed by atoms with Crippen molar-refractivity contribution in [3.8, 4) is 28.4 Å². The molecule has 11 rings (SSSR count). The van der Waals surface area contributed by atoms with Gasteiger partial charge in [-0.1, -0.05) is 66.7 Å². The molecule has 0 saturated heterocycles. The van der Waals surface area contributed by atoms with E-state index in [0.717, 1.165) is 50.8 Å². The standard InChI is InChI=1S/C38H23N4O2/c1-2-9-23(10-3-1)24-16-18-25(19-17-24)36-39-42-29-13-8-14-30-33(29)38(37(42)44-36)34-31(43-30)21-20-27-26-11-4-5-12-28(26)41(35(27)34)32-15-6-7-22-40(32)38/h1-22,37H/q+1. The smallest absolute Gasteiger partial charge is 0.288 e. The summed E-state index contributed by atoms with van der Waals surface area (Å²) in [6.45, 7) is 0. The van der Waals surface area contributed by atoms with E-state index in [9.17, 15) is 0 Å². The monoisotopic (exact) mass is 567 g/mol. The first-order valence-corrected chi connectivity index (χ1v) is 14.9. The quantitative estimate of drug-likeness (QED) is 0.203. The van der Waals surface area contributed by atoms with Crippen LogP contribution in [0.15, 0.2) is 139 Å². The van der Waals surface area contributed by atoms with Crippen molar-refractivity contribution in [2.45, 2.75) is 11.8 Å². The number of fused-ring (bicyclic) bond motifs is 7. The predicted octanol–water partition coefficient (Wildman–Crippen LogP) is 7.49. The zero-order chi connectivity index (χ0) is 28.6. The average Bonchev–Trinajstić information content (AvgIpc) is 3.75. The molecular weight excluding hydrogens is 544 g/mol. The van der Waals surface area contributed by atoms with Crippen LogP contribution in [0.3, 0.4) is 0 Å². The third-order valence-corrected chi connectivity index (χ3v) is 9.72. The second-order valence-electron chi connectivity index (χ2n) is 11.8. The lowest BCUT2D eigenvalue weighted by atomic mass is 9.77. The van der Waals surface area contributed by atoms with Crippen molar-refractivity contribution < 1.29 is 14.0 Å². The number of ether oxygens (including phenoxy) is 2. The molecule has 6 heterocycles. The third-order valence-electron chi connectivity index (χ3n) is 9.72. The summed E-state index contributed by atoms with van der Waals surface area (Å²) in [6.07, 6.45) is 1.73. The molecule has 0 saturated carbocycles. The molecule has 4 aliphatic heterocycles. The van der Waals surface area contributed by atoms with Crippen LogP contribution in [-0.4, -0.2) is 16.7 Å². The summed E-state index contributed by atoms with van der Waals surface area (Å²) in [5.74, 6) is 3.38. The Bertz CT molecular complexity index is 2410. The maximum atomic E-state index is 7.04. The van der Waals surface area contributed by atoms with E-state index in [1.165, 1.54) is 21.9 Å². The van der Waals surface area contributed by atoms with Crippen LogP contribution >= 0.6 is 0 Å². The van der Waals surface area contributed by atoms with E-state index in [1.807, 2.05) is 12.1 Å². The minimum atomic E-state index is -0.727. The Morgan fingerprint density at radius 2 is 1.41 bits per heavy atom. The van der Waals surface area contributed by atoms with Crippen molar-refractivity contribution in [2.24, 2.45) is 5.10 Å². The molecule has 5 aromatic carbocycles. The van der Waals surface area contributed by atoms with E-state index >= 15 is 0 Å². The van der Waals surface area contributed by atoms with Crippen molar-refractivity contribution in [1.29, 1.82) is 0 Å². The van der Waals surface area contributed by atoms with Crippen molar-refractivity contribution in [2.75, 3.05) is 5.01 Å². The van der Waals surface area contributed by atoms with Crippen molar-refractivity contribution >= 4 is 33.4 Å². The van der Waals surface area contributed by atoms with Gasteiger partial charge in [-0.25, -0.2) is 9.58 Å². The van der Waals surface area contributed by atoms with Gasteiger partial charge in [0.1, 0.15) is 22.6 Å². The van der Waals surface area contributed by atoms with Gasteiger partial charge in [-0.2, -0.15) is 4.57 Å². The summed E-state index contributed by atoms with van der Waals surface area (Å²) < 4.78 is 18.5. The average molecular weight is 568 g/mol. The van der Waals surface area contributed by atoms with E-state index in [1.54, 1.807) is 0 Å². The highest BCUT2D eigenvalue weighted by Gasteiger charge is 2.69. The zero-order valence-corrected chi connectivity index (χ0v) is 23.4. The molecule has 7 aromatic rings. The topological polar surface area (TPSA) is 42.9 Å². The molecule has 206 valence electrons. The van der Waals surface area contributed by atoms with Crippen molar-refractivity contribution in [3.63, 3.8) is 0 Å². The highest BCUT2D eigenvalue weighted by atomic mass is 16.5. The van der Waals surface area contributed by atoms with Gasteiger partial charge in [0.25, 0.3) is 5.82 Å². The fourth-order valence-corrected chi connectivity index (χ4v) is 8.01. The Balaban J connectivity index is 1.18. The molecule has 0 N–H and O–H groups in total. The van der Waals surface area contributed by atoms with Gasteiger partial charge < -0.3 is 9.47 Å². The molecule has 6 nitrogen and oxygen atoms in total. The lowest BCUT2D eigenvalue weighted by molar-refractivity contribution is -0.745. The van der Waals surface area contributed by atoms with Crippen LogP contribution in [0, 0.1) is 0 Å². The molecule has 6 heteroatoms. The van der Waals surface area contributed by atoms with Gasteiger partial charge in [0.05, 0.1) is 17.4 Å². The van der Waals surface area contributed by atoms with Gasteiger partial charge in [-0.15, -0.1) is 5.10 Å². The second-order valence-corrected chi connectivity index (χ2v) is 11.8. The van der Waals surface area contributed by atoms with E-state index in [0.29, 0.717) is 5.90 Å². The first kappa shape index (κ1) is 22.7. The van der Waals surface area contributed by atoms with E-state index < -0.39 is 11.8 Å². The van der Waals surface area contributed by atoms with Gasteiger partial charge in [0, 0.05) is 22.4 Å². The highest BCUT2D eigenvalue weighted by molar-refractivity contribution is 6.12. The van der Waals surface area contributed by atoms with Crippen LogP contribution in [0.25, 0.3) is 38.8 Å². The fraction of sp³-hybridized carbons (Fsp3) is 0.0526. The molecule has 0 radical (unpaired) electrons. The number of aromatic nitrogens is 2. The lowest BCUT2D eigenvalue weighted by Gasteiger charge is -2.39. The Morgan fingerprint density at radius 3 is 2.32 bits per heavy atom. The second kappa shape index (κ2) is 7.74. The first-order chi connectivity index (χ1) is 21.8. The molecule has 44 heavy (non-hydrogen) atoms. The van der Waals surface area contributed by atoms with Crippen molar-refractivity contribution in [3.05, 3.63) is 150 Å². The van der Waals surface area contributed by atoms with Gasteiger partial charge in [-0.05, 0) is 65.7 Å². The highest BCUT2D eigenvalue weighted by Crippen LogP contribution is 2.62. The summed E-state index contributed by atoms with van der Waals surface area (Å²) in [5, 5.41) is 9.65. The molecular formula is C38H23N4O2+. The molecule has 1 spiro atoms. The number of hydrogen-bond donors (Lipinski definition) is 0. The van der Waals surface area contributed by atoms with Crippen LogP contribution in [0.4, 0.5) is 5.69 Å². The number of hydrazone groups is 1. The largest absolute Gasteiger partial charge is 0.456 e. The summed E-state index contributed by atoms with van der Waals surface area (Å²) >= 11 is 0. The fourth-order valence-electron chi connectivity index (χ4n) is 8.01. The number of rotatable bonds is 2. The maximum Gasteiger partial charge on any atom is 0.288 e. The number of hydrogen-bond acceptors (Lipinski definition) is 4. The normalized spacial score (nSPS) is 19.7. The van der Waals surface area contributed by atoms with Gasteiger partial charge >= 0.3 is 0 Å². The Hall–Kier alpha value is -5.88. The molecule has 0 amide bonds. The minimum Gasteiger partial charge on any atom is -0.456 e. The Labute approximate surface area is 252 Å². The van der Waals surface area contributed by atoms with Crippen LogP contribution in [0.5, 0.6) is 11.5 Å². The van der Waals surface area contributed by atoms with Crippen molar-refractivity contribution in [1.82, 2.24) is 4.57 Å². The SMILES string of the molecule is c1ccc(-c2ccc(C3=NN4c5cccc6c5C5(c7c(ccc8c9ccccc9n(c78)-c7cccc[n+]75)O6)C4O3)cc2)cc1. The van der Waals surface area contributed by atoms with E-state index in [-0.39, 0.29) is 0 Å². The van der Waals surface area contributed by atoms with Crippen LogP contribution in [0.2, 0.25) is 0 Å². The predicted molar refractivity (Wildman–Crippen MR) is 169 cm³/mol. The number of nitrogens with zero attached hydrogens (tertiary/aromatic N) is 4. The maximum absolute atomic E-state index is 7.04. The first-order valence-electron chi connectivity index (χ1n) is 14.9. The molecule has 2 unspecified atom stereocenters. The number of anilines is 1. The molecule has 0 aliphatic carbocycles. The summed E-state index contributed by atoms with van der Waals surface area (Å²) in [7, 11) is 0. The summed E-state index contributed by atoms with van der Waals surface area (Å²) in [6, 6.07) is 44.6. The lowest BCUT2D eigenvalue weighted by Crippen LogP contribution is -2.68. The Kier molecular flexibility index (Phi) is 3.99. The van der Waals surface area contributed by atoms with Gasteiger partial charge in [0.15, 0.2) is 5.52 Å².